The van der Waals surface area contributed by atoms with Crippen LogP contribution in [0.3, 0.4) is 0 Å². The summed E-state index contributed by atoms with van der Waals surface area (Å²) < 4.78 is 15.7. The SMILES string of the molecule is CCCNCc1c(F)cccc1Sc1nncn1C. The van der Waals surface area contributed by atoms with Crippen LogP contribution in [0.5, 0.6) is 0 Å². The predicted molar refractivity (Wildman–Crippen MR) is 73.5 cm³/mol. The average Bonchev–Trinajstić information content (AvgIpc) is 2.79. The molecule has 0 saturated carbocycles. The first kappa shape index (κ1) is 14.0. The largest absolute Gasteiger partial charge is 0.313 e. The molecule has 1 aromatic carbocycles. The highest BCUT2D eigenvalue weighted by Crippen LogP contribution is 2.29. The number of hydrogen-bond donors (Lipinski definition) is 1. The maximum atomic E-state index is 13.9. The van der Waals surface area contributed by atoms with Gasteiger partial charge in [0.15, 0.2) is 5.16 Å². The molecular weight excluding hydrogens is 263 g/mol. The molecule has 0 bridgehead atoms. The van der Waals surface area contributed by atoms with Crippen LogP contribution in [0.15, 0.2) is 34.6 Å². The number of nitrogens with one attached hydrogen (secondary N) is 1. The summed E-state index contributed by atoms with van der Waals surface area (Å²) in [5, 5.41) is 11.8. The van der Waals surface area contributed by atoms with Crippen LogP contribution in [-0.2, 0) is 13.6 Å². The fourth-order valence-corrected chi connectivity index (χ4v) is 2.57. The third kappa shape index (κ3) is 3.54. The maximum Gasteiger partial charge on any atom is 0.195 e. The summed E-state index contributed by atoms with van der Waals surface area (Å²) in [6.07, 6.45) is 2.66. The third-order valence-corrected chi connectivity index (χ3v) is 3.83. The van der Waals surface area contributed by atoms with Crippen molar-refractivity contribution in [1.82, 2.24) is 20.1 Å². The number of aryl methyl sites for hydroxylation is 1. The Balaban J connectivity index is 2.19. The Bertz CT molecular complexity index is 541. The van der Waals surface area contributed by atoms with Gasteiger partial charge in [-0.05, 0) is 36.9 Å². The van der Waals surface area contributed by atoms with Crippen LogP contribution < -0.4 is 5.32 Å². The minimum absolute atomic E-state index is 0.184. The monoisotopic (exact) mass is 280 g/mol. The fourth-order valence-electron chi connectivity index (χ4n) is 1.66. The van der Waals surface area contributed by atoms with Crippen molar-refractivity contribution >= 4 is 11.8 Å². The van der Waals surface area contributed by atoms with Crippen molar-refractivity contribution in [2.45, 2.75) is 29.9 Å². The minimum atomic E-state index is -0.184. The van der Waals surface area contributed by atoms with Gasteiger partial charge in [-0.25, -0.2) is 4.39 Å². The molecule has 0 aliphatic heterocycles. The van der Waals surface area contributed by atoms with E-state index >= 15 is 0 Å². The van der Waals surface area contributed by atoms with Gasteiger partial charge in [0.25, 0.3) is 0 Å². The number of aromatic nitrogens is 3. The second kappa shape index (κ2) is 6.68. The van der Waals surface area contributed by atoms with Gasteiger partial charge < -0.3 is 9.88 Å². The molecule has 1 aromatic heterocycles. The molecule has 0 saturated heterocycles. The molecule has 0 unspecified atom stereocenters. The van der Waals surface area contributed by atoms with E-state index in [1.807, 2.05) is 17.7 Å². The highest BCUT2D eigenvalue weighted by atomic mass is 32.2. The molecule has 0 radical (unpaired) electrons. The Morgan fingerprint density at radius 1 is 1.42 bits per heavy atom. The normalized spacial score (nSPS) is 10.9. The van der Waals surface area contributed by atoms with E-state index in [-0.39, 0.29) is 5.82 Å². The Kier molecular flexibility index (Phi) is 4.93. The van der Waals surface area contributed by atoms with Gasteiger partial charge in [-0.1, -0.05) is 13.0 Å². The summed E-state index contributed by atoms with van der Waals surface area (Å²) in [5.74, 6) is -0.184. The zero-order chi connectivity index (χ0) is 13.7. The summed E-state index contributed by atoms with van der Waals surface area (Å²) in [5.41, 5.74) is 0.684. The molecule has 0 aliphatic carbocycles. The number of halogens is 1. The van der Waals surface area contributed by atoms with E-state index in [4.69, 9.17) is 0 Å². The standard InChI is InChI=1S/C13H17FN4S/c1-3-7-15-8-10-11(14)5-4-6-12(10)19-13-17-16-9-18(13)2/h4-6,9,15H,3,7-8H2,1-2H3. The van der Waals surface area contributed by atoms with Crippen LogP contribution in [0.1, 0.15) is 18.9 Å². The highest BCUT2D eigenvalue weighted by molar-refractivity contribution is 7.99. The van der Waals surface area contributed by atoms with Crippen LogP contribution in [0.2, 0.25) is 0 Å². The first-order chi connectivity index (χ1) is 9.22. The summed E-state index contributed by atoms with van der Waals surface area (Å²) in [7, 11) is 1.87. The molecule has 0 amide bonds. The lowest BCUT2D eigenvalue weighted by molar-refractivity contribution is 0.578. The second-order valence-electron chi connectivity index (χ2n) is 4.22. The summed E-state index contributed by atoms with van der Waals surface area (Å²) >= 11 is 1.43. The minimum Gasteiger partial charge on any atom is -0.313 e. The number of nitrogens with zero attached hydrogens (tertiary/aromatic N) is 3. The first-order valence-electron chi connectivity index (χ1n) is 6.22. The molecule has 4 nitrogen and oxygen atoms in total. The van der Waals surface area contributed by atoms with Gasteiger partial charge in [0.1, 0.15) is 12.1 Å². The second-order valence-corrected chi connectivity index (χ2v) is 5.23. The van der Waals surface area contributed by atoms with E-state index in [0.717, 1.165) is 23.0 Å². The van der Waals surface area contributed by atoms with E-state index in [0.29, 0.717) is 12.1 Å². The van der Waals surface area contributed by atoms with Crippen molar-refractivity contribution in [1.29, 1.82) is 0 Å². The first-order valence-corrected chi connectivity index (χ1v) is 7.04. The maximum absolute atomic E-state index is 13.9. The summed E-state index contributed by atoms with van der Waals surface area (Å²) in [4.78, 5) is 0.875. The quantitative estimate of drug-likeness (QED) is 0.826. The lowest BCUT2D eigenvalue weighted by atomic mass is 10.2. The summed E-state index contributed by atoms with van der Waals surface area (Å²) in [6, 6.07) is 5.12. The zero-order valence-electron chi connectivity index (χ0n) is 11.1. The molecule has 6 heteroatoms. The van der Waals surface area contributed by atoms with Gasteiger partial charge in [-0.2, -0.15) is 0 Å². The Morgan fingerprint density at radius 2 is 2.26 bits per heavy atom. The van der Waals surface area contributed by atoms with Crippen LogP contribution in [0.4, 0.5) is 4.39 Å². The van der Waals surface area contributed by atoms with Gasteiger partial charge in [-0.15, -0.1) is 10.2 Å². The van der Waals surface area contributed by atoms with Crippen LogP contribution in [-0.4, -0.2) is 21.3 Å². The van der Waals surface area contributed by atoms with Crippen molar-refractivity contribution in [2.75, 3.05) is 6.54 Å². The van der Waals surface area contributed by atoms with Crippen molar-refractivity contribution in [3.63, 3.8) is 0 Å². The molecule has 102 valence electrons. The third-order valence-electron chi connectivity index (χ3n) is 2.68. The molecule has 2 rings (SSSR count). The highest BCUT2D eigenvalue weighted by Gasteiger charge is 2.11. The Labute approximate surface area is 116 Å². The lowest BCUT2D eigenvalue weighted by Gasteiger charge is -2.10. The van der Waals surface area contributed by atoms with Gasteiger partial charge in [0.2, 0.25) is 0 Å². The Hall–Kier alpha value is -1.40. The predicted octanol–water partition coefficient (Wildman–Crippen LogP) is 2.61. The molecule has 0 spiro atoms. The fraction of sp³-hybridized carbons (Fsp3) is 0.385. The van der Waals surface area contributed by atoms with Crippen molar-refractivity contribution < 1.29 is 4.39 Å². The van der Waals surface area contributed by atoms with Gasteiger partial charge >= 0.3 is 0 Å². The molecule has 0 aliphatic rings. The van der Waals surface area contributed by atoms with Crippen molar-refractivity contribution in [3.8, 4) is 0 Å². The van der Waals surface area contributed by atoms with Gasteiger partial charge in [0.05, 0.1) is 0 Å². The molecule has 1 N–H and O–H groups in total. The van der Waals surface area contributed by atoms with E-state index in [1.165, 1.54) is 17.8 Å². The van der Waals surface area contributed by atoms with Crippen molar-refractivity contribution in [3.05, 3.63) is 35.9 Å². The topological polar surface area (TPSA) is 42.7 Å². The molecule has 0 atom stereocenters. The number of benzene rings is 1. The molecular formula is C13H17FN4S. The van der Waals surface area contributed by atoms with Crippen LogP contribution >= 0.6 is 11.8 Å². The van der Waals surface area contributed by atoms with E-state index in [9.17, 15) is 4.39 Å². The van der Waals surface area contributed by atoms with Gasteiger partial charge in [-0.3, -0.25) is 0 Å². The summed E-state index contributed by atoms with van der Waals surface area (Å²) in [6.45, 7) is 3.49. The molecule has 1 heterocycles. The number of rotatable bonds is 6. The van der Waals surface area contributed by atoms with E-state index in [2.05, 4.69) is 22.4 Å². The molecule has 19 heavy (non-hydrogen) atoms. The van der Waals surface area contributed by atoms with E-state index in [1.54, 1.807) is 12.4 Å². The van der Waals surface area contributed by atoms with Gasteiger partial charge in [0, 0.05) is 24.1 Å². The van der Waals surface area contributed by atoms with Crippen LogP contribution in [0.25, 0.3) is 0 Å². The van der Waals surface area contributed by atoms with E-state index < -0.39 is 0 Å². The van der Waals surface area contributed by atoms with Crippen molar-refractivity contribution in [2.24, 2.45) is 7.05 Å². The van der Waals surface area contributed by atoms with Crippen LogP contribution in [0, 0.1) is 5.82 Å². The molecule has 2 aromatic rings. The smallest absolute Gasteiger partial charge is 0.195 e. The molecule has 0 fully saturated rings. The number of hydrogen-bond acceptors (Lipinski definition) is 4. The zero-order valence-corrected chi connectivity index (χ0v) is 11.9. The Morgan fingerprint density at radius 3 is 2.95 bits per heavy atom. The average molecular weight is 280 g/mol. The lowest BCUT2D eigenvalue weighted by Crippen LogP contribution is -2.15.